The Morgan fingerprint density at radius 2 is 2.33 bits per heavy atom. The van der Waals surface area contributed by atoms with Crippen LogP contribution >= 0.6 is 0 Å². The van der Waals surface area contributed by atoms with Gasteiger partial charge in [0.1, 0.15) is 0 Å². The fourth-order valence-electron chi connectivity index (χ4n) is 1.61. The van der Waals surface area contributed by atoms with Crippen LogP contribution in [0.1, 0.15) is 12.8 Å². The minimum absolute atomic E-state index is 0.207. The summed E-state index contributed by atoms with van der Waals surface area (Å²) in [5.41, 5.74) is 6.19. The van der Waals surface area contributed by atoms with Gasteiger partial charge in [0.05, 0.1) is 5.94 Å². The molecule has 1 fully saturated rings. The summed E-state index contributed by atoms with van der Waals surface area (Å²) in [7, 11) is -1.28. The van der Waals surface area contributed by atoms with Crippen LogP contribution in [0.5, 0.6) is 0 Å². The molecule has 0 aromatic rings. The van der Waals surface area contributed by atoms with E-state index in [0.717, 1.165) is 25.1 Å². The molecule has 12 heavy (non-hydrogen) atoms. The van der Waals surface area contributed by atoms with Crippen molar-refractivity contribution in [3.63, 3.8) is 0 Å². The first-order chi connectivity index (χ1) is 5.66. The second-order valence-corrected chi connectivity index (χ2v) is 3.09. The lowest BCUT2D eigenvalue weighted by Crippen LogP contribution is -2.42. The molecule has 1 saturated heterocycles. The molecule has 0 aromatic carbocycles. The van der Waals surface area contributed by atoms with Crippen molar-refractivity contribution < 1.29 is 10.0 Å². The summed E-state index contributed by atoms with van der Waals surface area (Å²) >= 11 is 0. The highest BCUT2D eigenvalue weighted by molar-refractivity contribution is 6.43. The van der Waals surface area contributed by atoms with Crippen LogP contribution in [0.2, 0.25) is 0 Å². The van der Waals surface area contributed by atoms with Crippen molar-refractivity contribution in [2.24, 2.45) is 5.73 Å². The third kappa shape index (κ3) is 1.80. The lowest BCUT2D eigenvalue weighted by Gasteiger charge is -2.27. The van der Waals surface area contributed by atoms with Crippen molar-refractivity contribution in [2.75, 3.05) is 13.1 Å². The summed E-state index contributed by atoms with van der Waals surface area (Å²) < 4.78 is 0. The molecule has 0 bridgehead atoms. The summed E-state index contributed by atoms with van der Waals surface area (Å²) in [5, 5.41) is 18.0. The summed E-state index contributed by atoms with van der Waals surface area (Å²) in [4.78, 5) is 1.88. The van der Waals surface area contributed by atoms with E-state index in [1.807, 2.05) is 4.90 Å². The zero-order valence-electron chi connectivity index (χ0n) is 7.11. The Hall–Kier alpha value is -0.515. The standard InChI is InChI=1S/C7H15BN2O2/c1-6(5-9)10-4-2-3-7(10)8(11)12/h7,11-12H,1-5,9H2/t7-/m0/s1. The molecule has 0 amide bonds. The van der Waals surface area contributed by atoms with Crippen LogP contribution in [0.15, 0.2) is 12.3 Å². The first kappa shape index (κ1) is 9.57. The Morgan fingerprint density at radius 3 is 2.83 bits per heavy atom. The topological polar surface area (TPSA) is 69.7 Å². The van der Waals surface area contributed by atoms with Gasteiger partial charge in [-0.15, -0.1) is 0 Å². The van der Waals surface area contributed by atoms with Gasteiger partial charge in [0.15, 0.2) is 0 Å². The molecule has 4 nitrogen and oxygen atoms in total. The average Bonchev–Trinajstić information content (AvgIpc) is 2.50. The maximum atomic E-state index is 9.00. The van der Waals surface area contributed by atoms with Gasteiger partial charge in [-0.2, -0.15) is 0 Å². The van der Waals surface area contributed by atoms with E-state index in [9.17, 15) is 0 Å². The van der Waals surface area contributed by atoms with E-state index in [0.29, 0.717) is 6.54 Å². The molecule has 0 radical (unpaired) electrons. The van der Waals surface area contributed by atoms with Gasteiger partial charge in [-0.05, 0) is 12.8 Å². The van der Waals surface area contributed by atoms with E-state index < -0.39 is 7.12 Å². The lowest BCUT2D eigenvalue weighted by molar-refractivity contribution is 0.301. The molecule has 1 rings (SSSR count). The molecule has 1 atom stereocenters. The van der Waals surface area contributed by atoms with Crippen molar-refractivity contribution in [3.05, 3.63) is 12.3 Å². The normalized spacial score (nSPS) is 22.9. The van der Waals surface area contributed by atoms with E-state index in [-0.39, 0.29) is 5.94 Å². The average molecular weight is 170 g/mol. The highest BCUT2D eigenvalue weighted by atomic mass is 16.4. The molecule has 0 aromatic heterocycles. The molecule has 68 valence electrons. The number of hydrogen-bond acceptors (Lipinski definition) is 4. The Balaban J connectivity index is 2.57. The monoisotopic (exact) mass is 170 g/mol. The summed E-state index contributed by atoms with van der Waals surface area (Å²) in [6, 6.07) is 0. The third-order valence-electron chi connectivity index (χ3n) is 2.29. The van der Waals surface area contributed by atoms with Crippen LogP contribution in [0.25, 0.3) is 0 Å². The smallest absolute Gasteiger partial charge is 0.426 e. The van der Waals surface area contributed by atoms with Crippen LogP contribution in [0.3, 0.4) is 0 Å². The molecule has 0 aliphatic carbocycles. The number of rotatable bonds is 3. The van der Waals surface area contributed by atoms with E-state index in [1.54, 1.807) is 0 Å². The van der Waals surface area contributed by atoms with Crippen LogP contribution in [0.4, 0.5) is 0 Å². The molecule has 4 N–H and O–H groups in total. The van der Waals surface area contributed by atoms with Gasteiger partial charge in [-0.25, -0.2) is 0 Å². The molecule has 1 aliphatic rings. The molecule has 0 spiro atoms. The SMILES string of the molecule is C=C(CN)N1CCC[C@H]1B(O)O. The minimum atomic E-state index is -1.28. The zero-order valence-corrected chi connectivity index (χ0v) is 7.11. The largest absolute Gasteiger partial charge is 0.475 e. The van der Waals surface area contributed by atoms with Crippen LogP contribution in [-0.2, 0) is 0 Å². The highest BCUT2D eigenvalue weighted by Crippen LogP contribution is 2.21. The summed E-state index contributed by atoms with van der Waals surface area (Å²) in [6.45, 7) is 4.98. The van der Waals surface area contributed by atoms with E-state index in [4.69, 9.17) is 15.8 Å². The Bertz CT molecular complexity index is 175. The molecule has 1 heterocycles. The molecular weight excluding hydrogens is 155 g/mol. The first-order valence-electron chi connectivity index (χ1n) is 4.17. The lowest BCUT2D eigenvalue weighted by atomic mass is 9.78. The van der Waals surface area contributed by atoms with Gasteiger partial charge < -0.3 is 20.7 Å². The van der Waals surface area contributed by atoms with Crippen molar-refractivity contribution in [3.8, 4) is 0 Å². The first-order valence-corrected chi connectivity index (χ1v) is 4.17. The number of likely N-dealkylation sites (tertiary alicyclic amines) is 1. The molecule has 1 aliphatic heterocycles. The maximum Gasteiger partial charge on any atom is 0.475 e. The fourth-order valence-corrected chi connectivity index (χ4v) is 1.61. The number of hydrogen-bond donors (Lipinski definition) is 3. The van der Waals surface area contributed by atoms with Gasteiger partial charge in [-0.1, -0.05) is 6.58 Å². The molecular formula is C7H15BN2O2. The number of nitrogens with two attached hydrogens (primary N) is 1. The van der Waals surface area contributed by atoms with Gasteiger partial charge in [-0.3, -0.25) is 0 Å². The van der Waals surface area contributed by atoms with Crippen LogP contribution in [-0.4, -0.2) is 41.1 Å². The third-order valence-corrected chi connectivity index (χ3v) is 2.29. The van der Waals surface area contributed by atoms with E-state index in [2.05, 4.69) is 6.58 Å². The summed E-state index contributed by atoms with van der Waals surface area (Å²) in [6.07, 6.45) is 1.78. The quantitative estimate of drug-likeness (QED) is 0.472. The maximum absolute atomic E-state index is 9.00. The summed E-state index contributed by atoms with van der Waals surface area (Å²) in [5.74, 6) is -0.207. The van der Waals surface area contributed by atoms with Gasteiger partial charge in [0.25, 0.3) is 0 Å². The van der Waals surface area contributed by atoms with Gasteiger partial charge in [0, 0.05) is 18.8 Å². The Labute approximate surface area is 72.8 Å². The van der Waals surface area contributed by atoms with Crippen molar-refractivity contribution in [2.45, 2.75) is 18.8 Å². The minimum Gasteiger partial charge on any atom is -0.426 e. The number of nitrogens with zero attached hydrogens (tertiary/aromatic N) is 1. The predicted molar refractivity (Wildman–Crippen MR) is 48.1 cm³/mol. The molecule has 0 unspecified atom stereocenters. The Kier molecular flexibility index (Phi) is 3.14. The molecule has 5 heteroatoms. The molecule has 0 saturated carbocycles. The highest BCUT2D eigenvalue weighted by Gasteiger charge is 2.33. The second-order valence-electron chi connectivity index (χ2n) is 3.09. The van der Waals surface area contributed by atoms with E-state index >= 15 is 0 Å². The van der Waals surface area contributed by atoms with E-state index in [1.165, 1.54) is 0 Å². The second kappa shape index (κ2) is 3.93. The zero-order chi connectivity index (χ0) is 9.14. The fraction of sp³-hybridized carbons (Fsp3) is 0.714. The van der Waals surface area contributed by atoms with Crippen molar-refractivity contribution in [1.82, 2.24) is 4.90 Å². The Morgan fingerprint density at radius 1 is 1.67 bits per heavy atom. The van der Waals surface area contributed by atoms with Gasteiger partial charge in [0.2, 0.25) is 0 Å². The predicted octanol–water partition coefficient (Wildman–Crippen LogP) is -1.06. The van der Waals surface area contributed by atoms with Crippen molar-refractivity contribution in [1.29, 1.82) is 0 Å². The van der Waals surface area contributed by atoms with Crippen LogP contribution in [0, 0.1) is 0 Å². The van der Waals surface area contributed by atoms with Gasteiger partial charge >= 0.3 is 7.12 Å². The van der Waals surface area contributed by atoms with Crippen molar-refractivity contribution >= 4 is 7.12 Å². The van der Waals surface area contributed by atoms with Crippen LogP contribution < -0.4 is 5.73 Å².